The number of amides is 2. The molecule has 1 aliphatic heterocycles. The summed E-state index contributed by atoms with van der Waals surface area (Å²) in [6.45, 7) is 1.28. The number of nitrogens with one attached hydrogen (secondary N) is 1. The fourth-order valence-corrected chi connectivity index (χ4v) is 1.63. The van der Waals surface area contributed by atoms with Crippen LogP contribution in [-0.4, -0.2) is 64.9 Å². The van der Waals surface area contributed by atoms with Crippen LogP contribution in [0.1, 0.15) is 13.3 Å². The second-order valence-corrected chi connectivity index (χ2v) is 4.44. The average molecular weight is 260 g/mol. The van der Waals surface area contributed by atoms with Crippen molar-refractivity contribution >= 4 is 18.0 Å². The molecular formula is C10H16N2O6. The molecule has 1 unspecified atom stereocenters. The fraction of sp³-hybridized carbons (Fsp3) is 0.700. The van der Waals surface area contributed by atoms with Gasteiger partial charge in [-0.1, -0.05) is 0 Å². The molecule has 1 saturated heterocycles. The van der Waals surface area contributed by atoms with Crippen molar-refractivity contribution < 1.29 is 29.3 Å². The summed E-state index contributed by atoms with van der Waals surface area (Å²) in [5, 5.41) is 19.9. The highest BCUT2D eigenvalue weighted by molar-refractivity contribution is 5.84. The Morgan fingerprint density at radius 1 is 1.28 bits per heavy atom. The number of carbonyl (C=O) groups is 3. The largest absolute Gasteiger partial charge is 0.480 e. The topological polar surface area (TPSA) is 116 Å². The van der Waals surface area contributed by atoms with Gasteiger partial charge in [0.15, 0.2) is 0 Å². The minimum atomic E-state index is -1.26. The Hall–Kier alpha value is -1.83. The number of rotatable bonds is 5. The van der Waals surface area contributed by atoms with E-state index in [9.17, 15) is 14.4 Å². The van der Waals surface area contributed by atoms with Crippen molar-refractivity contribution in [3.63, 3.8) is 0 Å². The maximum atomic E-state index is 11.8. The lowest BCUT2D eigenvalue weighted by Crippen LogP contribution is -2.54. The van der Waals surface area contributed by atoms with E-state index in [2.05, 4.69) is 5.32 Å². The highest BCUT2D eigenvalue weighted by Crippen LogP contribution is 2.17. The van der Waals surface area contributed by atoms with Crippen LogP contribution in [0.3, 0.4) is 0 Å². The quantitative estimate of drug-likeness (QED) is 0.604. The standard InChI is InChI=1S/C10H16N2O6/c1-10(2-3-18-6-10)11-9(17)12(4-7(13)14)5-8(15)16/h2-6H2,1H3,(H,11,17)(H,13,14)(H,15,16). The third kappa shape index (κ3) is 4.21. The molecule has 0 aromatic rings. The first-order valence-corrected chi connectivity index (χ1v) is 5.41. The Balaban J connectivity index is 2.63. The van der Waals surface area contributed by atoms with Gasteiger partial charge in [-0.05, 0) is 13.3 Å². The van der Waals surface area contributed by atoms with E-state index in [-0.39, 0.29) is 0 Å². The smallest absolute Gasteiger partial charge is 0.323 e. The van der Waals surface area contributed by atoms with E-state index in [0.29, 0.717) is 19.6 Å². The minimum absolute atomic E-state index is 0.326. The Kier molecular flexibility index (Phi) is 4.49. The van der Waals surface area contributed by atoms with Crippen molar-refractivity contribution in [2.45, 2.75) is 18.9 Å². The second kappa shape index (κ2) is 5.67. The number of carboxylic acids is 2. The fourth-order valence-electron chi connectivity index (χ4n) is 1.63. The normalized spacial score (nSPS) is 22.5. The number of carbonyl (C=O) groups excluding carboxylic acids is 1. The van der Waals surface area contributed by atoms with E-state index in [1.54, 1.807) is 6.92 Å². The first-order chi connectivity index (χ1) is 8.32. The van der Waals surface area contributed by atoms with Crippen LogP contribution in [0.5, 0.6) is 0 Å². The summed E-state index contributed by atoms with van der Waals surface area (Å²) in [6, 6.07) is -0.715. The summed E-state index contributed by atoms with van der Waals surface area (Å²) in [4.78, 5) is 33.7. The van der Waals surface area contributed by atoms with Gasteiger partial charge in [0.1, 0.15) is 13.1 Å². The zero-order valence-corrected chi connectivity index (χ0v) is 10.0. The molecule has 0 saturated carbocycles. The Bertz CT molecular complexity index is 334. The number of hydrogen-bond donors (Lipinski definition) is 3. The van der Waals surface area contributed by atoms with Gasteiger partial charge in [-0.2, -0.15) is 0 Å². The lowest BCUT2D eigenvalue weighted by molar-refractivity contribution is -0.140. The van der Waals surface area contributed by atoms with Gasteiger partial charge in [-0.15, -0.1) is 0 Å². The number of urea groups is 1. The number of carboxylic acid groups (broad SMARTS) is 2. The molecule has 8 heteroatoms. The molecule has 0 spiro atoms. The predicted molar refractivity (Wildman–Crippen MR) is 59.2 cm³/mol. The minimum Gasteiger partial charge on any atom is -0.480 e. The van der Waals surface area contributed by atoms with Crippen molar-refractivity contribution in [1.29, 1.82) is 0 Å². The monoisotopic (exact) mass is 260 g/mol. The highest BCUT2D eigenvalue weighted by atomic mass is 16.5. The van der Waals surface area contributed by atoms with E-state index in [0.717, 1.165) is 4.90 Å². The molecule has 1 rings (SSSR count). The lowest BCUT2D eigenvalue weighted by Gasteiger charge is -2.28. The first kappa shape index (κ1) is 14.2. The molecule has 18 heavy (non-hydrogen) atoms. The zero-order chi connectivity index (χ0) is 13.8. The predicted octanol–water partition coefficient (Wildman–Crippen LogP) is -0.654. The summed E-state index contributed by atoms with van der Waals surface area (Å²) >= 11 is 0. The SMILES string of the molecule is CC1(NC(=O)N(CC(=O)O)CC(=O)O)CCOC1. The van der Waals surface area contributed by atoms with Gasteiger partial charge >= 0.3 is 18.0 Å². The van der Waals surface area contributed by atoms with Crippen LogP contribution in [0, 0.1) is 0 Å². The van der Waals surface area contributed by atoms with Crippen molar-refractivity contribution in [2.24, 2.45) is 0 Å². The lowest BCUT2D eigenvalue weighted by atomic mass is 10.0. The van der Waals surface area contributed by atoms with Gasteiger partial charge in [0.2, 0.25) is 0 Å². The van der Waals surface area contributed by atoms with Crippen molar-refractivity contribution in [3.8, 4) is 0 Å². The molecule has 3 N–H and O–H groups in total. The molecular weight excluding hydrogens is 244 g/mol. The van der Waals surface area contributed by atoms with Gasteiger partial charge in [-0.3, -0.25) is 9.59 Å². The van der Waals surface area contributed by atoms with Crippen LogP contribution >= 0.6 is 0 Å². The van der Waals surface area contributed by atoms with E-state index in [4.69, 9.17) is 14.9 Å². The van der Waals surface area contributed by atoms with E-state index in [1.165, 1.54) is 0 Å². The average Bonchev–Trinajstić information content (AvgIpc) is 2.62. The molecule has 0 radical (unpaired) electrons. The zero-order valence-electron chi connectivity index (χ0n) is 10.0. The van der Waals surface area contributed by atoms with Gasteiger partial charge in [0, 0.05) is 6.61 Å². The molecule has 0 bridgehead atoms. The molecule has 2 amide bonds. The molecule has 0 aromatic heterocycles. The first-order valence-electron chi connectivity index (χ1n) is 5.41. The van der Waals surface area contributed by atoms with Crippen LogP contribution in [0.15, 0.2) is 0 Å². The maximum Gasteiger partial charge on any atom is 0.323 e. The van der Waals surface area contributed by atoms with Crippen LogP contribution in [-0.2, 0) is 14.3 Å². The van der Waals surface area contributed by atoms with Gasteiger partial charge in [-0.25, -0.2) is 4.79 Å². The molecule has 1 atom stereocenters. The van der Waals surface area contributed by atoms with Gasteiger partial charge < -0.3 is 25.2 Å². The second-order valence-electron chi connectivity index (χ2n) is 4.44. The molecule has 1 fully saturated rings. The van der Waals surface area contributed by atoms with Crippen LogP contribution in [0.2, 0.25) is 0 Å². The summed E-state index contributed by atoms with van der Waals surface area (Å²) in [5.74, 6) is -2.53. The summed E-state index contributed by atoms with van der Waals surface area (Å²) in [7, 11) is 0. The van der Waals surface area contributed by atoms with E-state index in [1.807, 2.05) is 0 Å². The highest BCUT2D eigenvalue weighted by Gasteiger charge is 2.33. The summed E-state index contributed by atoms with van der Waals surface area (Å²) in [5.41, 5.74) is -0.577. The molecule has 1 heterocycles. The van der Waals surface area contributed by atoms with Gasteiger partial charge in [0.25, 0.3) is 0 Å². The van der Waals surface area contributed by atoms with Crippen molar-refractivity contribution in [2.75, 3.05) is 26.3 Å². The Labute approximate surface area is 104 Å². The number of hydrogen-bond acceptors (Lipinski definition) is 4. The number of ether oxygens (including phenoxy) is 1. The number of nitrogens with zero attached hydrogens (tertiary/aromatic N) is 1. The van der Waals surface area contributed by atoms with E-state index >= 15 is 0 Å². The molecule has 0 aromatic carbocycles. The van der Waals surface area contributed by atoms with Crippen molar-refractivity contribution in [3.05, 3.63) is 0 Å². The Morgan fingerprint density at radius 3 is 2.22 bits per heavy atom. The number of aliphatic carboxylic acids is 2. The molecule has 0 aliphatic carbocycles. The third-order valence-corrected chi connectivity index (χ3v) is 2.57. The van der Waals surface area contributed by atoms with Crippen LogP contribution in [0.25, 0.3) is 0 Å². The Morgan fingerprint density at radius 2 is 1.83 bits per heavy atom. The molecule has 8 nitrogen and oxygen atoms in total. The van der Waals surface area contributed by atoms with E-state index < -0.39 is 36.6 Å². The van der Waals surface area contributed by atoms with Crippen LogP contribution in [0.4, 0.5) is 4.79 Å². The maximum absolute atomic E-state index is 11.8. The molecule has 102 valence electrons. The molecule has 1 aliphatic rings. The van der Waals surface area contributed by atoms with Crippen LogP contribution < -0.4 is 5.32 Å². The van der Waals surface area contributed by atoms with Gasteiger partial charge in [0.05, 0.1) is 12.1 Å². The van der Waals surface area contributed by atoms with Crippen molar-refractivity contribution in [1.82, 2.24) is 10.2 Å². The third-order valence-electron chi connectivity index (χ3n) is 2.57. The summed E-state index contributed by atoms with van der Waals surface area (Å²) in [6.07, 6.45) is 0.604. The summed E-state index contributed by atoms with van der Waals surface area (Å²) < 4.78 is 5.14.